The van der Waals surface area contributed by atoms with E-state index < -0.39 is 0 Å². The van der Waals surface area contributed by atoms with Crippen LogP contribution in [0.5, 0.6) is 0 Å². The molecule has 1 saturated carbocycles. The zero-order chi connectivity index (χ0) is 12.3. The summed E-state index contributed by atoms with van der Waals surface area (Å²) in [5.74, 6) is 0.178. The Morgan fingerprint density at radius 3 is 2.76 bits per heavy atom. The highest BCUT2D eigenvalue weighted by Crippen LogP contribution is 2.29. The number of carbonyl (C=O) groups is 1. The van der Waals surface area contributed by atoms with Gasteiger partial charge in [-0.2, -0.15) is 0 Å². The van der Waals surface area contributed by atoms with Crippen LogP contribution in [0.25, 0.3) is 0 Å². The van der Waals surface area contributed by atoms with Crippen molar-refractivity contribution in [1.82, 2.24) is 15.5 Å². The van der Waals surface area contributed by atoms with Gasteiger partial charge < -0.3 is 10.6 Å². The van der Waals surface area contributed by atoms with Crippen LogP contribution >= 0.6 is 0 Å². The first-order valence-corrected chi connectivity index (χ1v) is 6.99. The molecule has 0 spiro atoms. The monoisotopic (exact) mass is 239 g/mol. The first-order chi connectivity index (χ1) is 8.22. The van der Waals surface area contributed by atoms with E-state index in [1.807, 2.05) is 13.8 Å². The van der Waals surface area contributed by atoms with Gasteiger partial charge in [0.1, 0.15) is 0 Å². The highest BCUT2D eigenvalue weighted by Gasteiger charge is 2.36. The molecule has 1 saturated heterocycles. The maximum Gasteiger partial charge on any atom is 0.237 e. The smallest absolute Gasteiger partial charge is 0.237 e. The standard InChI is InChI=1S/C13H25N3O/c1-3-14-13(17)10(2)16(12-6-7-12)9-11-5-4-8-15-11/h10-12,15H,3-9H2,1-2H3,(H,14,17). The Morgan fingerprint density at radius 2 is 2.24 bits per heavy atom. The van der Waals surface area contributed by atoms with Gasteiger partial charge in [-0.3, -0.25) is 9.69 Å². The van der Waals surface area contributed by atoms with E-state index >= 15 is 0 Å². The van der Waals surface area contributed by atoms with Gasteiger partial charge in [0.05, 0.1) is 6.04 Å². The van der Waals surface area contributed by atoms with Crippen LogP contribution in [0.15, 0.2) is 0 Å². The molecule has 0 aromatic heterocycles. The predicted octanol–water partition coefficient (Wildman–Crippen LogP) is 0.727. The average molecular weight is 239 g/mol. The minimum Gasteiger partial charge on any atom is -0.355 e. The van der Waals surface area contributed by atoms with Crippen LogP contribution in [0.4, 0.5) is 0 Å². The maximum atomic E-state index is 11.9. The van der Waals surface area contributed by atoms with Crippen molar-refractivity contribution in [3.8, 4) is 0 Å². The van der Waals surface area contributed by atoms with Gasteiger partial charge in [-0.25, -0.2) is 0 Å². The lowest BCUT2D eigenvalue weighted by Gasteiger charge is -2.30. The zero-order valence-corrected chi connectivity index (χ0v) is 11.0. The molecule has 1 aliphatic heterocycles. The van der Waals surface area contributed by atoms with Crippen LogP contribution < -0.4 is 10.6 Å². The molecule has 98 valence electrons. The number of nitrogens with one attached hydrogen (secondary N) is 2. The van der Waals surface area contributed by atoms with Gasteiger partial charge in [0.25, 0.3) is 0 Å². The lowest BCUT2D eigenvalue weighted by molar-refractivity contribution is -0.126. The third kappa shape index (κ3) is 3.42. The first-order valence-electron chi connectivity index (χ1n) is 6.99. The van der Waals surface area contributed by atoms with Gasteiger partial charge >= 0.3 is 0 Å². The second kappa shape index (κ2) is 5.83. The number of amides is 1. The molecule has 1 aliphatic carbocycles. The van der Waals surface area contributed by atoms with Crippen LogP contribution in [0.3, 0.4) is 0 Å². The predicted molar refractivity (Wildman–Crippen MR) is 68.9 cm³/mol. The number of hydrogen-bond donors (Lipinski definition) is 2. The lowest BCUT2D eigenvalue weighted by Crippen LogP contribution is -2.50. The Hall–Kier alpha value is -0.610. The molecule has 4 heteroatoms. The summed E-state index contributed by atoms with van der Waals surface area (Å²) in [5.41, 5.74) is 0. The van der Waals surface area contributed by atoms with E-state index in [1.165, 1.54) is 25.7 Å². The number of carbonyl (C=O) groups excluding carboxylic acids is 1. The fourth-order valence-electron chi connectivity index (χ4n) is 2.67. The second-order valence-corrected chi connectivity index (χ2v) is 5.29. The van der Waals surface area contributed by atoms with Crippen molar-refractivity contribution < 1.29 is 4.79 Å². The number of hydrogen-bond acceptors (Lipinski definition) is 3. The molecule has 2 N–H and O–H groups in total. The molecule has 2 fully saturated rings. The fourth-order valence-corrected chi connectivity index (χ4v) is 2.67. The summed E-state index contributed by atoms with van der Waals surface area (Å²) in [6.45, 7) is 6.91. The summed E-state index contributed by atoms with van der Waals surface area (Å²) >= 11 is 0. The van der Waals surface area contributed by atoms with Crippen LogP contribution in [0, 0.1) is 0 Å². The molecule has 2 unspecified atom stereocenters. The van der Waals surface area contributed by atoms with E-state index in [4.69, 9.17) is 0 Å². The molecule has 2 rings (SSSR count). The fraction of sp³-hybridized carbons (Fsp3) is 0.923. The third-order valence-electron chi connectivity index (χ3n) is 3.84. The Kier molecular flexibility index (Phi) is 4.40. The summed E-state index contributed by atoms with van der Waals surface area (Å²) in [6, 6.07) is 1.26. The van der Waals surface area contributed by atoms with Crippen molar-refractivity contribution in [3.05, 3.63) is 0 Å². The summed E-state index contributed by atoms with van der Waals surface area (Å²) in [7, 11) is 0. The van der Waals surface area contributed by atoms with E-state index in [9.17, 15) is 4.79 Å². The van der Waals surface area contributed by atoms with Crippen molar-refractivity contribution >= 4 is 5.91 Å². The molecule has 2 aliphatic rings. The molecule has 0 aromatic rings. The third-order valence-corrected chi connectivity index (χ3v) is 3.84. The number of rotatable bonds is 6. The van der Waals surface area contributed by atoms with E-state index in [1.54, 1.807) is 0 Å². The van der Waals surface area contributed by atoms with E-state index in [0.717, 1.165) is 19.6 Å². The normalized spacial score (nSPS) is 26.2. The topological polar surface area (TPSA) is 44.4 Å². The van der Waals surface area contributed by atoms with Crippen molar-refractivity contribution in [2.24, 2.45) is 0 Å². The van der Waals surface area contributed by atoms with Crippen molar-refractivity contribution in [2.45, 2.75) is 57.7 Å². The van der Waals surface area contributed by atoms with Gasteiger partial charge in [0.2, 0.25) is 5.91 Å². The quantitative estimate of drug-likeness (QED) is 0.718. The molecule has 17 heavy (non-hydrogen) atoms. The molecule has 0 radical (unpaired) electrons. The van der Waals surface area contributed by atoms with Crippen LogP contribution in [-0.4, -0.2) is 48.6 Å². The molecular formula is C13H25N3O. The summed E-state index contributed by atoms with van der Waals surface area (Å²) in [4.78, 5) is 14.3. The SMILES string of the molecule is CCNC(=O)C(C)N(CC1CCCN1)C1CC1. The van der Waals surface area contributed by atoms with E-state index in [-0.39, 0.29) is 11.9 Å². The highest BCUT2D eigenvalue weighted by molar-refractivity contribution is 5.81. The van der Waals surface area contributed by atoms with Gasteiger partial charge in [-0.1, -0.05) is 0 Å². The number of likely N-dealkylation sites (N-methyl/N-ethyl adjacent to an activating group) is 1. The van der Waals surface area contributed by atoms with E-state index in [0.29, 0.717) is 12.1 Å². The largest absolute Gasteiger partial charge is 0.355 e. The maximum absolute atomic E-state index is 11.9. The first kappa shape index (κ1) is 12.8. The minimum absolute atomic E-state index is 0.0184. The van der Waals surface area contributed by atoms with Gasteiger partial charge in [0.15, 0.2) is 0 Å². The Morgan fingerprint density at radius 1 is 1.47 bits per heavy atom. The minimum atomic E-state index is 0.0184. The van der Waals surface area contributed by atoms with Crippen molar-refractivity contribution in [1.29, 1.82) is 0 Å². The molecule has 1 heterocycles. The van der Waals surface area contributed by atoms with E-state index in [2.05, 4.69) is 15.5 Å². The van der Waals surface area contributed by atoms with Crippen LogP contribution in [-0.2, 0) is 4.79 Å². The van der Waals surface area contributed by atoms with Gasteiger partial charge in [0, 0.05) is 25.2 Å². The van der Waals surface area contributed by atoms with Crippen LogP contribution in [0.1, 0.15) is 39.5 Å². The summed E-state index contributed by atoms with van der Waals surface area (Å²) < 4.78 is 0. The summed E-state index contributed by atoms with van der Waals surface area (Å²) in [6.07, 6.45) is 5.05. The van der Waals surface area contributed by atoms with Crippen molar-refractivity contribution in [2.75, 3.05) is 19.6 Å². The van der Waals surface area contributed by atoms with Gasteiger partial charge in [-0.05, 0) is 46.1 Å². The van der Waals surface area contributed by atoms with Gasteiger partial charge in [-0.15, -0.1) is 0 Å². The van der Waals surface area contributed by atoms with Crippen molar-refractivity contribution in [3.63, 3.8) is 0 Å². The zero-order valence-electron chi connectivity index (χ0n) is 11.0. The second-order valence-electron chi connectivity index (χ2n) is 5.29. The summed E-state index contributed by atoms with van der Waals surface area (Å²) in [5, 5.41) is 6.45. The molecule has 1 amide bonds. The Bertz CT molecular complexity index is 259. The Labute approximate surface area is 104 Å². The molecule has 0 bridgehead atoms. The van der Waals surface area contributed by atoms with Crippen LogP contribution in [0.2, 0.25) is 0 Å². The average Bonchev–Trinajstić information content (AvgIpc) is 3.03. The molecule has 4 nitrogen and oxygen atoms in total. The molecule has 0 aromatic carbocycles. The number of nitrogens with zero attached hydrogens (tertiary/aromatic N) is 1. The molecular weight excluding hydrogens is 214 g/mol. The Balaban J connectivity index is 1.88. The highest BCUT2D eigenvalue weighted by atomic mass is 16.2. The lowest BCUT2D eigenvalue weighted by atomic mass is 10.1. The molecule has 2 atom stereocenters.